The largest absolute Gasteiger partial charge is 0.369 e. The van der Waals surface area contributed by atoms with Crippen LogP contribution in [-0.2, 0) is 0 Å². The zero-order valence-corrected chi connectivity index (χ0v) is 15.1. The van der Waals surface area contributed by atoms with Gasteiger partial charge in [0, 0.05) is 24.9 Å². The van der Waals surface area contributed by atoms with Crippen LogP contribution in [0, 0.1) is 10.1 Å². The molecule has 0 aliphatic heterocycles. The van der Waals surface area contributed by atoms with E-state index in [2.05, 4.69) is 43.3 Å². The van der Waals surface area contributed by atoms with Gasteiger partial charge in [-0.3, -0.25) is 10.1 Å². The van der Waals surface area contributed by atoms with Gasteiger partial charge in [0.25, 0.3) is 5.69 Å². The molecule has 0 aromatic heterocycles. The fourth-order valence-electron chi connectivity index (χ4n) is 2.14. The molecule has 0 aliphatic carbocycles. The SMILES string of the molecule is CN(CC[N+](C)(C)C)c1ccc(N=Nc2cccc([N+](=O)[O-])c2)cc1. The number of anilines is 1. The van der Waals surface area contributed by atoms with Crippen molar-refractivity contribution in [2.75, 3.05) is 46.2 Å². The normalized spacial score (nSPS) is 11.7. The Kier molecular flexibility index (Phi) is 5.82. The lowest BCUT2D eigenvalue weighted by molar-refractivity contribution is -0.868. The van der Waals surface area contributed by atoms with E-state index in [0.29, 0.717) is 11.4 Å². The highest BCUT2D eigenvalue weighted by Crippen LogP contribution is 2.24. The van der Waals surface area contributed by atoms with Gasteiger partial charge in [-0.25, -0.2) is 0 Å². The summed E-state index contributed by atoms with van der Waals surface area (Å²) in [6.07, 6.45) is 0. The average molecular weight is 342 g/mol. The predicted molar refractivity (Wildman–Crippen MR) is 99.9 cm³/mol. The van der Waals surface area contributed by atoms with Crippen LogP contribution in [0.5, 0.6) is 0 Å². The number of rotatable bonds is 7. The molecule has 0 heterocycles. The molecule has 0 bridgehead atoms. The van der Waals surface area contributed by atoms with E-state index in [4.69, 9.17) is 0 Å². The molecule has 0 atom stereocenters. The van der Waals surface area contributed by atoms with E-state index < -0.39 is 4.92 Å². The number of nitro benzene ring substituents is 1. The quantitative estimate of drug-likeness (QED) is 0.328. The topological polar surface area (TPSA) is 71.1 Å². The van der Waals surface area contributed by atoms with Crippen molar-refractivity contribution in [1.82, 2.24) is 0 Å². The molecule has 7 heteroatoms. The summed E-state index contributed by atoms with van der Waals surface area (Å²) in [4.78, 5) is 12.5. The molecule has 132 valence electrons. The van der Waals surface area contributed by atoms with Gasteiger partial charge in [0.05, 0.1) is 50.5 Å². The van der Waals surface area contributed by atoms with Crippen molar-refractivity contribution in [2.45, 2.75) is 0 Å². The van der Waals surface area contributed by atoms with E-state index in [1.807, 2.05) is 24.3 Å². The first-order chi connectivity index (χ1) is 11.7. The van der Waals surface area contributed by atoms with Crippen LogP contribution in [0.4, 0.5) is 22.7 Å². The molecule has 2 aromatic rings. The molecule has 0 N–H and O–H groups in total. The highest BCUT2D eigenvalue weighted by atomic mass is 16.6. The molecule has 0 amide bonds. The number of hydrogen-bond acceptors (Lipinski definition) is 5. The van der Waals surface area contributed by atoms with Crippen molar-refractivity contribution in [1.29, 1.82) is 0 Å². The van der Waals surface area contributed by atoms with Crippen LogP contribution in [0.1, 0.15) is 0 Å². The van der Waals surface area contributed by atoms with Crippen LogP contribution in [0.2, 0.25) is 0 Å². The molecule has 0 unspecified atom stereocenters. The molecule has 0 saturated carbocycles. The smallest absolute Gasteiger partial charge is 0.271 e. The number of likely N-dealkylation sites (N-methyl/N-ethyl adjacent to an activating group) is 2. The minimum absolute atomic E-state index is 0.00525. The predicted octanol–water partition coefficient (Wildman–Crippen LogP) is 4.15. The molecule has 25 heavy (non-hydrogen) atoms. The summed E-state index contributed by atoms with van der Waals surface area (Å²) in [7, 11) is 8.58. The third-order valence-electron chi connectivity index (χ3n) is 3.72. The van der Waals surface area contributed by atoms with Crippen LogP contribution in [0.25, 0.3) is 0 Å². The van der Waals surface area contributed by atoms with Gasteiger partial charge < -0.3 is 9.38 Å². The minimum atomic E-state index is -0.444. The van der Waals surface area contributed by atoms with Crippen molar-refractivity contribution in [2.24, 2.45) is 10.2 Å². The molecule has 2 aromatic carbocycles. The lowest BCUT2D eigenvalue weighted by Crippen LogP contribution is -2.41. The lowest BCUT2D eigenvalue weighted by atomic mass is 10.2. The second-order valence-corrected chi connectivity index (χ2v) is 6.93. The summed E-state index contributed by atoms with van der Waals surface area (Å²) in [6, 6.07) is 13.9. The molecular formula is C18H24N5O2+. The Morgan fingerprint density at radius 3 is 2.28 bits per heavy atom. The minimum Gasteiger partial charge on any atom is -0.369 e. The zero-order chi connectivity index (χ0) is 18.4. The van der Waals surface area contributed by atoms with Gasteiger partial charge in [-0.15, -0.1) is 0 Å². The highest BCUT2D eigenvalue weighted by molar-refractivity contribution is 5.53. The van der Waals surface area contributed by atoms with Gasteiger partial charge in [-0.05, 0) is 30.3 Å². The third kappa shape index (κ3) is 5.96. The Balaban J connectivity index is 2.02. The molecule has 0 fully saturated rings. The van der Waals surface area contributed by atoms with Crippen molar-refractivity contribution in [3.63, 3.8) is 0 Å². The van der Waals surface area contributed by atoms with Crippen molar-refractivity contribution in [3.05, 3.63) is 58.6 Å². The molecule has 0 radical (unpaired) electrons. The molecule has 2 rings (SSSR count). The number of nitrogens with zero attached hydrogens (tertiary/aromatic N) is 5. The Morgan fingerprint density at radius 2 is 1.68 bits per heavy atom. The Labute approximate surface area is 148 Å². The Hall–Kier alpha value is -2.80. The van der Waals surface area contributed by atoms with Gasteiger partial charge in [-0.1, -0.05) is 6.07 Å². The number of quaternary nitrogens is 1. The second-order valence-electron chi connectivity index (χ2n) is 6.93. The molecule has 0 saturated heterocycles. The lowest BCUT2D eigenvalue weighted by Gasteiger charge is -2.28. The van der Waals surface area contributed by atoms with E-state index in [1.54, 1.807) is 12.1 Å². The Bertz CT molecular complexity index is 751. The second kappa shape index (κ2) is 7.85. The van der Waals surface area contributed by atoms with E-state index in [9.17, 15) is 10.1 Å². The average Bonchev–Trinajstić information content (AvgIpc) is 2.58. The van der Waals surface area contributed by atoms with Gasteiger partial charge >= 0.3 is 0 Å². The van der Waals surface area contributed by atoms with Crippen molar-refractivity contribution < 1.29 is 9.41 Å². The summed E-state index contributed by atoms with van der Waals surface area (Å²) in [5.74, 6) is 0. The summed E-state index contributed by atoms with van der Waals surface area (Å²) >= 11 is 0. The number of benzene rings is 2. The molecule has 7 nitrogen and oxygen atoms in total. The molecular weight excluding hydrogens is 318 g/mol. The Morgan fingerprint density at radius 1 is 1.04 bits per heavy atom. The van der Waals surface area contributed by atoms with Gasteiger partial charge in [0.15, 0.2) is 0 Å². The summed E-state index contributed by atoms with van der Waals surface area (Å²) < 4.78 is 0.917. The van der Waals surface area contributed by atoms with Crippen LogP contribution in [0.15, 0.2) is 58.8 Å². The maximum Gasteiger partial charge on any atom is 0.271 e. The van der Waals surface area contributed by atoms with Crippen molar-refractivity contribution in [3.8, 4) is 0 Å². The highest BCUT2D eigenvalue weighted by Gasteiger charge is 2.09. The van der Waals surface area contributed by atoms with Gasteiger partial charge in [0.2, 0.25) is 0 Å². The van der Waals surface area contributed by atoms with Crippen LogP contribution in [0.3, 0.4) is 0 Å². The van der Waals surface area contributed by atoms with E-state index in [-0.39, 0.29) is 5.69 Å². The van der Waals surface area contributed by atoms with Crippen LogP contribution in [-0.4, -0.2) is 50.7 Å². The number of hydrogen-bond donors (Lipinski definition) is 0. The summed E-state index contributed by atoms with van der Waals surface area (Å²) in [5.41, 5.74) is 2.28. The van der Waals surface area contributed by atoms with Crippen LogP contribution < -0.4 is 4.90 Å². The fourth-order valence-corrected chi connectivity index (χ4v) is 2.14. The van der Waals surface area contributed by atoms with E-state index in [1.165, 1.54) is 12.1 Å². The summed E-state index contributed by atoms with van der Waals surface area (Å²) in [6.45, 7) is 2.00. The third-order valence-corrected chi connectivity index (χ3v) is 3.72. The molecule has 0 aliphatic rings. The number of nitro groups is 1. The van der Waals surface area contributed by atoms with Gasteiger partial charge in [-0.2, -0.15) is 10.2 Å². The fraction of sp³-hybridized carbons (Fsp3) is 0.333. The van der Waals surface area contributed by atoms with E-state index in [0.717, 1.165) is 23.3 Å². The number of non-ortho nitro benzene ring substituents is 1. The van der Waals surface area contributed by atoms with Gasteiger partial charge in [0.1, 0.15) is 0 Å². The van der Waals surface area contributed by atoms with E-state index >= 15 is 0 Å². The first-order valence-electron chi connectivity index (χ1n) is 8.02. The first kappa shape index (κ1) is 18.5. The summed E-state index contributed by atoms with van der Waals surface area (Å²) in [5, 5.41) is 19.0. The maximum atomic E-state index is 10.8. The zero-order valence-electron chi connectivity index (χ0n) is 15.1. The maximum absolute atomic E-state index is 10.8. The first-order valence-corrected chi connectivity index (χ1v) is 8.02. The van der Waals surface area contributed by atoms with Crippen molar-refractivity contribution >= 4 is 22.7 Å². The monoisotopic (exact) mass is 342 g/mol. The number of azo groups is 1. The van der Waals surface area contributed by atoms with Crippen LogP contribution >= 0.6 is 0 Å². The molecule has 0 spiro atoms. The standard InChI is InChI=1S/C18H24N5O2/c1-21(12-13-23(2,3)4)17-10-8-15(9-11-17)19-20-16-6-5-7-18(14-16)22(24)25/h5-11,14H,12-13H2,1-4H3/q+1.